The predicted molar refractivity (Wildman–Crippen MR) is 40.9 cm³/mol. The van der Waals surface area contributed by atoms with Crippen molar-refractivity contribution in [2.24, 2.45) is 0 Å². The van der Waals surface area contributed by atoms with Gasteiger partial charge in [0.1, 0.15) is 0 Å². The van der Waals surface area contributed by atoms with Crippen molar-refractivity contribution in [1.29, 1.82) is 0 Å². The first kappa shape index (κ1) is 9.88. The number of rotatable bonds is 6. The van der Waals surface area contributed by atoms with Crippen LogP contribution in [0.15, 0.2) is 0 Å². The fraction of sp³-hybridized carbons (Fsp3) is 1.00. The Labute approximate surface area is 62.1 Å². The maximum absolute atomic E-state index is 8.74. The Morgan fingerprint density at radius 2 is 2.10 bits per heavy atom. The normalized spacial score (nSPS) is 13.5. The Morgan fingerprint density at radius 3 is 2.50 bits per heavy atom. The summed E-state index contributed by atoms with van der Waals surface area (Å²) in [6, 6.07) is 0.164. The standard InChI is InChI=1S/C7H17NO2/c1-2-3-7(6-10)8-4-5-9/h7-10H,2-6H2,1H3. The van der Waals surface area contributed by atoms with E-state index >= 15 is 0 Å². The first-order valence-electron chi connectivity index (χ1n) is 3.80. The summed E-state index contributed by atoms with van der Waals surface area (Å²) in [4.78, 5) is 0. The van der Waals surface area contributed by atoms with Crippen LogP contribution in [0.25, 0.3) is 0 Å². The van der Waals surface area contributed by atoms with Gasteiger partial charge in [0.2, 0.25) is 0 Å². The molecule has 0 heterocycles. The summed E-state index contributed by atoms with van der Waals surface area (Å²) in [5, 5.41) is 20.2. The minimum atomic E-state index is 0.139. The lowest BCUT2D eigenvalue weighted by Crippen LogP contribution is -2.34. The monoisotopic (exact) mass is 147 g/mol. The molecule has 0 saturated carbocycles. The summed E-state index contributed by atoms with van der Waals surface area (Å²) in [6.07, 6.45) is 2.03. The maximum Gasteiger partial charge on any atom is 0.0584 e. The van der Waals surface area contributed by atoms with Crippen molar-refractivity contribution < 1.29 is 10.2 Å². The van der Waals surface area contributed by atoms with Crippen molar-refractivity contribution in [3.05, 3.63) is 0 Å². The largest absolute Gasteiger partial charge is 0.395 e. The van der Waals surface area contributed by atoms with Crippen molar-refractivity contribution in [2.45, 2.75) is 25.8 Å². The van der Waals surface area contributed by atoms with Crippen LogP contribution in [-0.2, 0) is 0 Å². The zero-order chi connectivity index (χ0) is 7.82. The van der Waals surface area contributed by atoms with E-state index in [9.17, 15) is 0 Å². The van der Waals surface area contributed by atoms with Crippen molar-refractivity contribution in [1.82, 2.24) is 5.32 Å². The van der Waals surface area contributed by atoms with E-state index in [1.807, 2.05) is 0 Å². The van der Waals surface area contributed by atoms with Gasteiger partial charge in [-0.25, -0.2) is 0 Å². The minimum absolute atomic E-state index is 0.139. The lowest BCUT2D eigenvalue weighted by molar-refractivity contribution is 0.219. The summed E-state index contributed by atoms with van der Waals surface area (Å²) < 4.78 is 0. The molecule has 0 saturated heterocycles. The molecule has 3 heteroatoms. The van der Waals surface area contributed by atoms with Crippen LogP contribution < -0.4 is 5.32 Å². The molecule has 0 aromatic carbocycles. The van der Waals surface area contributed by atoms with Gasteiger partial charge in [0.05, 0.1) is 13.2 Å². The van der Waals surface area contributed by atoms with Crippen LogP contribution in [0.4, 0.5) is 0 Å². The molecular formula is C7H17NO2. The summed E-state index contributed by atoms with van der Waals surface area (Å²) in [5.41, 5.74) is 0. The highest BCUT2D eigenvalue weighted by molar-refractivity contribution is 4.63. The molecule has 62 valence electrons. The Kier molecular flexibility index (Phi) is 6.91. The van der Waals surface area contributed by atoms with E-state index in [2.05, 4.69) is 12.2 Å². The highest BCUT2D eigenvalue weighted by Crippen LogP contribution is 1.93. The molecule has 0 rings (SSSR count). The van der Waals surface area contributed by atoms with Crippen LogP contribution >= 0.6 is 0 Å². The molecular weight excluding hydrogens is 130 g/mol. The van der Waals surface area contributed by atoms with Crippen molar-refractivity contribution in [2.75, 3.05) is 19.8 Å². The molecule has 0 aliphatic rings. The molecule has 0 amide bonds. The second-order valence-electron chi connectivity index (χ2n) is 2.35. The van der Waals surface area contributed by atoms with Crippen molar-refractivity contribution in [3.8, 4) is 0 Å². The fourth-order valence-corrected chi connectivity index (χ4v) is 0.875. The predicted octanol–water partition coefficient (Wildman–Crippen LogP) is -0.271. The van der Waals surface area contributed by atoms with Crippen LogP contribution in [0, 0.1) is 0 Å². The Balaban J connectivity index is 3.21. The van der Waals surface area contributed by atoms with Crippen LogP contribution in [0.1, 0.15) is 19.8 Å². The summed E-state index contributed by atoms with van der Waals surface area (Å²) in [5.74, 6) is 0. The third-order valence-electron chi connectivity index (χ3n) is 1.40. The number of aliphatic hydroxyl groups is 2. The Bertz CT molecular complexity index is 68.6. The molecule has 0 aromatic heterocycles. The molecule has 0 aromatic rings. The summed E-state index contributed by atoms with van der Waals surface area (Å²) in [7, 11) is 0. The third-order valence-corrected chi connectivity index (χ3v) is 1.40. The third kappa shape index (κ3) is 4.73. The van der Waals surface area contributed by atoms with Gasteiger partial charge in [-0.05, 0) is 6.42 Å². The van der Waals surface area contributed by atoms with E-state index in [4.69, 9.17) is 10.2 Å². The lowest BCUT2D eigenvalue weighted by atomic mass is 10.2. The SMILES string of the molecule is CCCC(CO)NCCO. The van der Waals surface area contributed by atoms with Gasteiger partial charge in [-0.3, -0.25) is 0 Å². The van der Waals surface area contributed by atoms with Gasteiger partial charge in [-0.15, -0.1) is 0 Å². The van der Waals surface area contributed by atoms with Crippen LogP contribution in [0.3, 0.4) is 0 Å². The second kappa shape index (κ2) is 6.99. The highest BCUT2D eigenvalue weighted by Gasteiger charge is 2.02. The van der Waals surface area contributed by atoms with Gasteiger partial charge in [0.25, 0.3) is 0 Å². The molecule has 0 radical (unpaired) electrons. The first-order chi connectivity index (χ1) is 4.85. The van der Waals surface area contributed by atoms with Gasteiger partial charge in [0.15, 0.2) is 0 Å². The van der Waals surface area contributed by atoms with Gasteiger partial charge < -0.3 is 15.5 Å². The van der Waals surface area contributed by atoms with Crippen molar-refractivity contribution in [3.63, 3.8) is 0 Å². The smallest absolute Gasteiger partial charge is 0.0584 e. The van der Waals surface area contributed by atoms with Crippen LogP contribution in [-0.4, -0.2) is 36.0 Å². The zero-order valence-corrected chi connectivity index (χ0v) is 6.51. The molecule has 1 unspecified atom stereocenters. The summed E-state index contributed by atoms with van der Waals surface area (Å²) in [6.45, 7) is 2.95. The Hall–Kier alpha value is -0.120. The second-order valence-corrected chi connectivity index (χ2v) is 2.35. The molecule has 0 bridgehead atoms. The van der Waals surface area contributed by atoms with Crippen LogP contribution in [0.2, 0.25) is 0 Å². The molecule has 10 heavy (non-hydrogen) atoms. The van der Waals surface area contributed by atoms with E-state index < -0.39 is 0 Å². The average Bonchev–Trinajstić information content (AvgIpc) is 1.98. The molecule has 0 aliphatic heterocycles. The molecule has 3 N–H and O–H groups in total. The van der Waals surface area contributed by atoms with Crippen LogP contribution in [0.5, 0.6) is 0 Å². The number of nitrogens with one attached hydrogen (secondary N) is 1. The quantitative estimate of drug-likeness (QED) is 0.485. The van der Waals surface area contributed by atoms with Gasteiger partial charge in [-0.1, -0.05) is 13.3 Å². The van der Waals surface area contributed by atoms with E-state index in [1.165, 1.54) is 0 Å². The first-order valence-corrected chi connectivity index (χ1v) is 3.80. The van der Waals surface area contributed by atoms with Crippen molar-refractivity contribution >= 4 is 0 Å². The van der Waals surface area contributed by atoms with Gasteiger partial charge in [-0.2, -0.15) is 0 Å². The highest BCUT2D eigenvalue weighted by atomic mass is 16.3. The number of hydrogen-bond donors (Lipinski definition) is 3. The summed E-state index contributed by atoms with van der Waals surface area (Å²) >= 11 is 0. The minimum Gasteiger partial charge on any atom is -0.395 e. The van der Waals surface area contributed by atoms with E-state index in [1.54, 1.807) is 0 Å². The average molecular weight is 147 g/mol. The fourth-order valence-electron chi connectivity index (χ4n) is 0.875. The van der Waals surface area contributed by atoms with Gasteiger partial charge in [0, 0.05) is 12.6 Å². The molecule has 0 spiro atoms. The molecule has 0 aliphatic carbocycles. The lowest BCUT2D eigenvalue weighted by Gasteiger charge is -2.13. The molecule has 3 nitrogen and oxygen atoms in total. The zero-order valence-electron chi connectivity index (χ0n) is 6.51. The molecule has 0 fully saturated rings. The Morgan fingerprint density at radius 1 is 1.40 bits per heavy atom. The molecule has 1 atom stereocenters. The van der Waals surface area contributed by atoms with E-state index in [0.29, 0.717) is 6.54 Å². The van der Waals surface area contributed by atoms with E-state index in [0.717, 1.165) is 12.8 Å². The maximum atomic E-state index is 8.74. The number of hydrogen-bond acceptors (Lipinski definition) is 3. The topological polar surface area (TPSA) is 52.5 Å². The van der Waals surface area contributed by atoms with Gasteiger partial charge >= 0.3 is 0 Å². The van der Waals surface area contributed by atoms with E-state index in [-0.39, 0.29) is 19.3 Å². The number of aliphatic hydroxyl groups excluding tert-OH is 2.